The van der Waals surface area contributed by atoms with Crippen molar-refractivity contribution in [3.8, 4) is 11.1 Å². The number of carboxylic acid groups (broad SMARTS) is 1. The van der Waals surface area contributed by atoms with Crippen LogP contribution >= 0.6 is 11.3 Å². The lowest BCUT2D eigenvalue weighted by atomic mass is 9.75. The Morgan fingerprint density at radius 3 is 2.52 bits per heavy atom. The predicted molar refractivity (Wildman–Crippen MR) is 122 cm³/mol. The first-order valence-electron chi connectivity index (χ1n) is 11.1. The van der Waals surface area contributed by atoms with Gasteiger partial charge in [-0.3, -0.25) is 4.90 Å². The maximum atomic E-state index is 12.4. The van der Waals surface area contributed by atoms with Crippen molar-refractivity contribution in [2.75, 3.05) is 13.2 Å². The van der Waals surface area contributed by atoms with E-state index in [1.165, 1.54) is 32.7 Å². The van der Waals surface area contributed by atoms with E-state index in [9.17, 15) is 9.90 Å². The molecule has 2 aromatic carbocycles. The van der Waals surface area contributed by atoms with Gasteiger partial charge in [0.2, 0.25) is 0 Å². The lowest BCUT2D eigenvalue weighted by molar-refractivity contribution is -0.0629. The molecule has 6 rings (SSSR count). The standard InChI is InChI=1S/C26H25NO3S/c28-25(29)27-13-5-12-26(27,24-23-17(10-14-30-24)11-15-31-23)16-22-20-8-3-1-6-18(20)19-7-2-4-9-21(19)22/h1-4,6-9,11,15,22,24H,5,10,12-14,16H2,(H,28,29)/t24-,26-/m0/s1. The van der Waals surface area contributed by atoms with Crippen LogP contribution in [0.3, 0.4) is 0 Å². The van der Waals surface area contributed by atoms with Gasteiger partial charge in [0.1, 0.15) is 6.10 Å². The fraction of sp³-hybridized carbons (Fsp3) is 0.346. The lowest BCUT2D eigenvalue weighted by Crippen LogP contribution is -2.53. The van der Waals surface area contributed by atoms with Crippen molar-refractivity contribution >= 4 is 17.4 Å². The second-order valence-corrected chi connectivity index (χ2v) is 9.83. The Morgan fingerprint density at radius 2 is 1.81 bits per heavy atom. The van der Waals surface area contributed by atoms with E-state index in [-0.39, 0.29) is 12.0 Å². The molecule has 0 radical (unpaired) electrons. The zero-order valence-electron chi connectivity index (χ0n) is 17.3. The third kappa shape index (κ3) is 2.80. The van der Waals surface area contributed by atoms with E-state index >= 15 is 0 Å². The highest BCUT2D eigenvalue weighted by molar-refractivity contribution is 7.10. The molecule has 1 fully saturated rings. The molecule has 1 aromatic heterocycles. The number of rotatable bonds is 3. The summed E-state index contributed by atoms with van der Waals surface area (Å²) in [5.74, 6) is 0.168. The van der Waals surface area contributed by atoms with Crippen LogP contribution in [0.2, 0.25) is 0 Å². The first-order valence-corrected chi connectivity index (χ1v) is 11.9. The number of hydrogen-bond acceptors (Lipinski definition) is 3. The van der Waals surface area contributed by atoms with Gasteiger partial charge in [-0.1, -0.05) is 48.5 Å². The van der Waals surface area contributed by atoms with Gasteiger partial charge in [0.25, 0.3) is 0 Å². The predicted octanol–water partition coefficient (Wildman–Crippen LogP) is 6.08. The minimum Gasteiger partial charge on any atom is -0.465 e. The number of nitrogens with zero attached hydrogens (tertiary/aromatic N) is 1. The number of thiophene rings is 1. The Labute approximate surface area is 186 Å². The molecule has 0 unspecified atom stereocenters. The van der Waals surface area contributed by atoms with Crippen LogP contribution in [-0.2, 0) is 11.2 Å². The molecule has 1 N–H and O–H groups in total. The molecule has 3 heterocycles. The number of fused-ring (bicyclic) bond motifs is 4. The van der Waals surface area contributed by atoms with Crippen LogP contribution in [0.15, 0.2) is 60.0 Å². The van der Waals surface area contributed by atoms with E-state index < -0.39 is 11.6 Å². The summed E-state index contributed by atoms with van der Waals surface area (Å²) in [5, 5.41) is 12.3. The van der Waals surface area contributed by atoms with Crippen molar-refractivity contribution in [3.05, 3.63) is 81.5 Å². The Morgan fingerprint density at radius 1 is 1.10 bits per heavy atom. The zero-order valence-corrected chi connectivity index (χ0v) is 18.1. The summed E-state index contributed by atoms with van der Waals surface area (Å²) in [6.45, 7) is 1.23. The van der Waals surface area contributed by atoms with Crippen LogP contribution in [0.1, 0.15) is 52.9 Å². The van der Waals surface area contributed by atoms with Crippen LogP contribution in [0.4, 0.5) is 4.79 Å². The zero-order chi connectivity index (χ0) is 21.0. The number of carbonyl (C=O) groups is 1. The van der Waals surface area contributed by atoms with Crippen LogP contribution in [0, 0.1) is 0 Å². The van der Waals surface area contributed by atoms with Crippen molar-refractivity contribution in [1.82, 2.24) is 4.90 Å². The summed E-state index contributed by atoms with van der Waals surface area (Å²) in [4.78, 5) is 15.4. The number of ether oxygens (including phenoxy) is 1. The Hall–Kier alpha value is -2.63. The highest BCUT2D eigenvalue weighted by atomic mass is 32.1. The summed E-state index contributed by atoms with van der Waals surface area (Å²) in [5.41, 5.74) is 5.94. The molecule has 31 heavy (non-hydrogen) atoms. The molecule has 1 aliphatic carbocycles. The summed E-state index contributed by atoms with van der Waals surface area (Å²) in [6.07, 6.45) is 2.34. The molecule has 1 amide bonds. The van der Waals surface area contributed by atoms with E-state index in [1.54, 1.807) is 16.2 Å². The molecule has 158 valence electrons. The largest absolute Gasteiger partial charge is 0.465 e. The highest BCUT2D eigenvalue weighted by Crippen LogP contribution is 2.55. The molecular weight excluding hydrogens is 406 g/mol. The van der Waals surface area contributed by atoms with Crippen molar-refractivity contribution in [3.63, 3.8) is 0 Å². The minimum absolute atomic E-state index is 0.168. The molecule has 3 aromatic rings. The van der Waals surface area contributed by atoms with Crippen LogP contribution in [-0.4, -0.2) is 34.8 Å². The van der Waals surface area contributed by atoms with Gasteiger partial charge >= 0.3 is 6.09 Å². The molecule has 3 aliphatic rings. The van der Waals surface area contributed by atoms with Crippen LogP contribution in [0.25, 0.3) is 11.1 Å². The number of likely N-dealkylation sites (tertiary alicyclic amines) is 1. The smallest absolute Gasteiger partial charge is 0.407 e. The summed E-state index contributed by atoms with van der Waals surface area (Å²) < 4.78 is 6.42. The third-order valence-electron chi connectivity index (χ3n) is 7.44. The quantitative estimate of drug-likeness (QED) is 0.547. The van der Waals surface area contributed by atoms with E-state index in [0.717, 1.165) is 25.7 Å². The van der Waals surface area contributed by atoms with Gasteiger partial charge in [0, 0.05) is 17.3 Å². The molecule has 2 aliphatic heterocycles. The number of hydrogen-bond donors (Lipinski definition) is 1. The topological polar surface area (TPSA) is 49.8 Å². The number of benzene rings is 2. The summed E-state index contributed by atoms with van der Waals surface area (Å²) in [6, 6.07) is 19.4. The van der Waals surface area contributed by atoms with E-state index in [2.05, 4.69) is 60.0 Å². The highest BCUT2D eigenvalue weighted by Gasteiger charge is 2.54. The average Bonchev–Trinajstić information content (AvgIpc) is 3.51. The second kappa shape index (κ2) is 7.21. The normalized spacial score (nSPS) is 24.6. The summed E-state index contributed by atoms with van der Waals surface area (Å²) >= 11 is 1.72. The van der Waals surface area contributed by atoms with Gasteiger partial charge in [0.05, 0.1) is 12.1 Å². The summed E-state index contributed by atoms with van der Waals surface area (Å²) in [7, 11) is 0. The van der Waals surface area contributed by atoms with Crippen molar-refractivity contribution in [1.29, 1.82) is 0 Å². The lowest BCUT2D eigenvalue weighted by Gasteiger charge is -2.45. The third-order valence-corrected chi connectivity index (χ3v) is 8.45. The van der Waals surface area contributed by atoms with E-state index in [0.29, 0.717) is 13.2 Å². The average molecular weight is 432 g/mol. The maximum absolute atomic E-state index is 12.4. The fourth-order valence-corrected chi connectivity index (χ4v) is 7.27. The van der Waals surface area contributed by atoms with Gasteiger partial charge in [-0.15, -0.1) is 11.3 Å². The fourth-order valence-electron chi connectivity index (χ4n) is 6.16. The maximum Gasteiger partial charge on any atom is 0.407 e. The van der Waals surface area contributed by atoms with E-state index in [1.807, 2.05) is 0 Å². The molecule has 1 saturated heterocycles. The van der Waals surface area contributed by atoms with Crippen molar-refractivity contribution in [2.24, 2.45) is 0 Å². The molecule has 0 saturated carbocycles. The van der Waals surface area contributed by atoms with Crippen molar-refractivity contribution < 1.29 is 14.6 Å². The minimum atomic E-state index is -0.829. The first-order chi connectivity index (χ1) is 15.2. The van der Waals surface area contributed by atoms with Crippen molar-refractivity contribution in [2.45, 2.75) is 43.2 Å². The second-order valence-electron chi connectivity index (χ2n) is 8.88. The SMILES string of the molecule is O=C(O)N1CCC[C@]1(CC1c2ccccc2-c2ccccc21)[C@H]1OCCc2ccsc21. The Balaban J connectivity index is 1.50. The van der Waals surface area contributed by atoms with Gasteiger partial charge in [-0.2, -0.15) is 0 Å². The molecule has 4 nitrogen and oxygen atoms in total. The molecule has 2 atom stereocenters. The van der Waals surface area contributed by atoms with Gasteiger partial charge in [-0.05, 0) is 64.9 Å². The molecule has 0 bridgehead atoms. The van der Waals surface area contributed by atoms with E-state index in [4.69, 9.17) is 4.74 Å². The monoisotopic (exact) mass is 431 g/mol. The molecule has 5 heteroatoms. The van der Waals surface area contributed by atoms with Crippen LogP contribution in [0.5, 0.6) is 0 Å². The molecule has 0 spiro atoms. The van der Waals surface area contributed by atoms with Gasteiger partial charge in [-0.25, -0.2) is 4.79 Å². The Bertz CT molecular complexity index is 1110. The van der Waals surface area contributed by atoms with Gasteiger partial charge in [0.15, 0.2) is 0 Å². The molecular formula is C26H25NO3S. The van der Waals surface area contributed by atoms with Gasteiger partial charge < -0.3 is 9.84 Å². The number of amides is 1. The first kappa shape index (κ1) is 19.1. The van der Waals surface area contributed by atoms with Crippen LogP contribution < -0.4 is 0 Å². The Kier molecular flexibility index (Phi) is 4.44.